The zero-order chi connectivity index (χ0) is 32.9. The molecule has 0 aromatic heterocycles. The highest BCUT2D eigenvalue weighted by Crippen LogP contribution is 2.38. The third-order valence-corrected chi connectivity index (χ3v) is 8.64. The molecule has 1 atom stereocenters. The van der Waals surface area contributed by atoms with Crippen molar-refractivity contribution in [2.45, 2.75) is 63.3 Å². The van der Waals surface area contributed by atoms with E-state index in [2.05, 4.69) is 5.32 Å². The van der Waals surface area contributed by atoms with E-state index < -0.39 is 62.4 Å². The van der Waals surface area contributed by atoms with Crippen molar-refractivity contribution in [3.8, 4) is 5.75 Å². The van der Waals surface area contributed by atoms with Crippen molar-refractivity contribution in [2.24, 2.45) is 0 Å². The van der Waals surface area contributed by atoms with Gasteiger partial charge in [-0.25, -0.2) is 8.42 Å². The first-order valence-electron chi connectivity index (χ1n) is 13.7. The molecule has 3 rings (SSSR count). The maximum absolute atomic E-state index is 14.1. The Morgan fingerprint density at radius 3 is 2.20 bits per heavy atom. The van der Waals surface area contributed by atoms with E-state index in [-0.39, 0.29) is 17.9 Å². The van der Waals surface area contributed by atoms with Crippen molar-refractivity contribution in [2.75, 3.05) is 18.0 Å². The lowest BCUT2D eigenvalue weighted by molar-refractivity contribution is -0.141. The second kappa shape index (κ2) is 13.9. The Bertz CT molecular complexity index is 1580. The standard InChI is InChI=1S/C31H35ClF3N3O5S/c1-6-27(29(40)36-30(2,3)4)37(19-21-11-10-12-23(17-21)43-5)28(39)20-38(44(41,42)24-13-8-7-9-14-24)22-15-16-26(32)25(18-22)31(33,34)35/h7-18,27H,6,19-20H2,1-5H3,(H,36,40)/t27-/m0/s1. The Balaban J connectivity index is 2.16. The van der Waals surface area contributed by atoms with Crippen LogP contribution in [0, 0.1) is 0 Å². The molecule has 0 aliphatic rings. The number of benzene rings is 3. The van der Waals surface area contributed by atoms with Gasteiger partial charge in [0.2, 0.25) is 11.8 Å². The summed E-state index contributed by atoms with van der Waals surface area (Å²) in [5.41, 5.74) is -1.74. The van der Waals surface area contributed by atoms with Gasteiger partial charge >= 0.3 is 6.18 Å². The number of anilines is 1. The van der Waals surface area contributed by atoms with Gasteiger partial charge in [-0.1, -0.05) is 48.9 Å². The highest BCUT2D eigenvalue weighted by atomic mass is 35.5. The number of nitrogens with one attached hydrogen (secondary N) is 1. The molecular weight excluding hydrogens is 619 g/mol. The summed E-state index contributed by atoms with van der Waals surface area (Å²) in [5, 5.41) is 2.23. The van der Waals surface area contributed by atoms with Crippen molar-refractivity contribution in [1.29, 1.82) is 0 Å². The van der Waals surface area contributed by atoms with Crippen LogP contribution in [-0.4, -0.2) is 50.4 Å². The minimum Gasteiger partial charge on any atom is -0.497 e. The average molecular weight is 654 g/mol. The smallest absolute Gasteiger partial charge is 0.417 e. The molecule has 3 aromatic carbocycles. The van der Waals surface area contributed by atoms with E-state index in [1.54, 1.807) is 58.0 Å². The highest BCUT2D eigenvalue weighted by Gasteiger charge is 2.37. The maximum atomic E-state index is 14.1. The number of carbonyl (C=O) groups is 2. The van der Waals surface area contributed by atoms with Crippen molar-refractivity contribution < 1.29 is 35.9 Å². The van der Waals surface area contributed by atoms with Crippen LogP contribution in [0.25, 0.3) is 0 Å². The van der Waals surface area contributed by atoms with Gasteiger partial charge in [0.15, 0.2) is 0 Å². The van der Waals surface area contributed by atoms with E-state index in [9.17, 15) is 31.2 Å². The Hall–Kier alpha value is -3.77. The zero-order valence-corrected chi connectivity index (χ0v) is 26.6. The fraction of sp³-hybridized carbons (Fsp3) is 0.355. The maximum Gasteiger partial charge on any atom is 0.417 e. The lowest BCUT2D eigenvalue weighted by Gasteiger charge is -2.35. The number of methoxy groups -OCH3 is 1. The molecule has 0 saturated heterocycles. The highest BCUT2D eigenvalue weighted by molar-refractivity contribution is 7.92. The predicted octanol–water partition coefficient (Wildman–Crippen LogP) is 6.28. The van der Waals surface area contributed by atoms with Crippen LogP contribution in [0.1, 0.15) is 45.2 Å². The molecule has 8 nitrogen and oxygen atoms in total. The van der Waals surface area contributed by atoms with Crippen LogP contribution in [0.3, 0.4) is 0 Å². The Morgan fingerprint density at radius 2 is 1.64 bits per heavy atom. The van der Waals surface area contributed by atoms with Gasteiger partial charge in [-0.2, -0.15) is 13.2 Å². The number of rotatable bonds is 11. The van der Waals surface area contributed by atoms with E-state index in [0.29, 0.717) is 21.7 Å². The van der Waals surface area contributed by atoms with Gasteiger partial charge in [-0.15, -0.1) is 0 Å². The zero-order valence-electron chi connectivity index (χ0n) is 25.0. The molecule has 0 bridgehead atoms. The van der Waals surface area contributed by atoms with Gasteiger partial charge in [-0.05, 0) is 75.2 Å². The molecule has 0 saturated carbocycles. The van der Waals surface area contributed by atoms with Gasteiger partial charge in [0.1, 0.15) is 18.3 Å². The minimum absolute atomic E-state index is 0.111. The lowest BCUT2D eigenvalue weighted by Crippen LogP contribution is -2.55. The predicted molar refractivity (Wildman–Crippen MR) is 163 cm³/mol. The minimum atomic E-state index is -4.89. The molecule has 0 aliphatic heterocycles. The monoisotopic (exact) mass is 653 g/mol. The van der Waals surface area contributed by atoms with Gasteiger partial charge in [0.25, 0.3) is 10.0 Å². The van der Waals surface area contributed by atoms with Crippen molar-refractivity contribution in [3.05, 3.63) is 88.9 Å². The molecular formula is C31H35ClF3N3O5S. The second-order valence-electron chi connectivity index (χ2n) is 11.0. The molecule has 3 aromatic rings. The second-order valence-corrected chi connectivity index (χ2v) is 13.3. The number of carbonyl (C=O) groups excluding carboxylic acids is 2. The molecule has 0 radical (unpaired) electrons. The normalized spacial score (nSPS) is 12.8. The number of amides is 2. The topological polar surface area (TPSA) is 96.0 Å². The molecule has 13 heteroatoms. The number of sulfonamides is 1. The molecule has 0 aliphatic carbocycles. The summed E-state index contributed by atoms with van der Waals surface area (Å²) in [5.74, 6) is -0.789. The number of hydrogen-bond donors (Lipinski definition) is 1. The number of hydrogen-bond acceptors (Lipinski definition) is 5. The summed E-state index contributed by atoms with van der Waals surface area (Å²) in [6, 6.07) is 15.4. The summed E-state index contributed by atoms with van der Waals surface area (Å²) >= 11 is 5.82. The molecule has 0 spiro atoms. The SMILES string of the molecule is CC[C@@H](C(=O)NC(C)(C)C)N(Cc1cccc(OC)c1)C(=O)CN(c1ccc(Cl)c(C(F)(F)F)c1)S(=O)(=O)c1ccccc1. The van der Waals surface area contributed by atoms with Crippen molar-refractivity contribution in [3.63, 3.8) is 0 Å². The number of halogens is 4. The summed E-state index contributed by atoms with van der Waals surface area (Å²) in [6.45, 7) is 6.02. The number of alkyl halides is 3. The molecule has 0 fully saturated rings. The fourth-order valence-corrected chi connectivity index (χ4v) is 6.13. The van der Waals surface area contributed by atoms with E-state index in [1.807, 2.05) is 0 Å². The third kappa shape index (κ3) is 8.66. The molecule has 44 heavy (non-hydrogen) atoms. The van der Waals surface area contributed by atoms with Crippen LogP contribution in [0.15, 0.2) is 77.7 Å². The van der Waals surface area contributed by atoms with Crippen molar-refractivity contribution >= 4 is 39.1 Å². The van der Waals surface area contributed by atoms with E-state index in [1.165, 1.54) is 36.3 Å². The van der Waals surface area contributed by atoms with Crippen LogP contribution in [0.2, 0.25) is 5.02 Å². The first-order valence-corrected chi connectivity index (χ1v) is 15.5. The van der Waals surface area contributed by atoms with Crippen LogP contribution in [-0.2, 0) is 32.3 Å². The first kappa shape index (κ1) is 34.7. The van der Waals surface area contributed by atoms with Crippen LogP contribution < -0.4 is 14.4 Å². The Kier molecular flexibility index (Phi) is 11.0. The van der Waals surface area contributed by atoms with Gasteiger partial charge in [0, 0.05) is 12.1 Å². The van der Waals surface area contributed by atoms with Crippen LogP contribution in [0.5, 0.6) is 5.75 Å². The summed E-state index contributed by atoms with van der Waals surface area (Å²) in [4.78, 5) is 28.5. The average Bonchev–Trinajstić information content (AvgIpc) is 2.95. The summed E-state index contributed by atoms with van der Waals surface area (Å²) in [6.07, 6.45) is -4.72. The van der Waals surface area contributed by atoms with Gasteiger partial charge in [-0.3, -0.25) is 13.9 Å². The number of ether oxygens (including phenoxy) is 1. The Labute approximate surface area is 260 Å². The first-order chi connectivity index (χ1) is 20.5. The quantitative estimate of drug-likeness (QED) is 0.263. The van der Waals surface area contributed by atoms with Crippen LogP contribution in [0.4, 0.5) is 18.9 Å². The van der Waals surface area contributed by atoms with E-state index in [4.69, 9.17) is 16.3 Å². The summed E-state index contributed by atoms with van der Waals surface area (Å²) in [7, 11) is -3.09. The van der Waals surface area contributed by atoms with Crippen molar-refractivity contribution in [1.82, 2.24) is 10.2 Å². The molecule has 0 unspecified atom stereocenters. The van der Waals surface area contributed by atoms with E-state index >= 15 is 0 Å². The van der Waals surface area contributed by atoms with Gasteiger partial charge < -0.3 is 15.0 Å². The largest absolute Gasteiger partial charge is 0.497 e. The molecule has 2 amide bonds. The van der Waals surface area contributed by atoms with Crippen LogP contribution >= 0.6 is 11.6 Å². The Morgan fingerprint density at radius 1 is 0.977 bits per heavy atom. The number of nitrogens with zero attached hydrogens (tertiary/aromatic N) is 2. The lowest BCUT2D eigenvalue weighted by atomic mass is 10.1. The fourth-order valence-electron chi connectivity index (χ4n) is 4.47. The molecule has 238 valence electrons. The van der Waals surface area contributed by atoms with E-state index in [0.717, 1.165) is 12.1 Å². The summed E-state index contributed by atoms with van der Waals surface area (Å²) < 4.78 is 75.1. The molecule has 1 N–H and O–H groups in total. The van der Waals surface area contributed by atoms with Gasteiger partial charge in [0.05, 0.1) is 28.3 Å². The third-order valence-electron chi connectivity index (χ3n) is 6.52. The molecule has 0 heterocycles.